The molecule has 17 heavy (non-hydrogen) atoms. The molecule has 0 saturated heterocycles. The molecule has 0 aromatic heterocycles. The molecular formula is C11H13ClFNO3. The maximum atomic E-state index is 13.1. The third kappa shape index (κ3) is 4.66. The summed E-state index contributed by atoms with van der Waals surface area (Å²) in [5.41, 5.74) is 0.330. The van der Waals surface area contributed by atoms with Gasteiger partial charge < -0.3 is 4.74 Å². The van der Waals surface area contributed by atoms with Gasteiger partial charge in [0.2, 0.25) is 0 Å². The van der Waals surface area contributed by atoms with Gasteiger partial charge in [0.05, 0.1) is 23.0 Å². The van der Waals surface area contributed by atoms with Gasteiger partial charge in [0.1, 0.15) is 5.82 Å². The van der Waals surface area contributed by atoms with E-state index in [1.54, 1.807) is 7.11 Å². The Hall–Kier alpha value is -1.20. The highest BCUT2D eigenvalue weighted by Gasteiger charge is 2.11. The van der Waals surface area contributed by atoms with Crippen molar-refractivity contribution in [1.29, 1.82) is 0 Å². The Balaban J connectivity index is 2.68. The van der Waals surface area contributed by atoms with Crippen LogP contribution in [0, 0.1) is 15.9 Å². The van der Waals surface area contributed by atoms with Crippen molar-refractivity contribution in [3.63, 3.8) is 0 Å². The van der Waals surface area contributed by atoms with Crippen LogP contribution < -0.4 is 0 Å². The largest absolute Gasteiger partial charge is 0.383 e. The highest BCUT2D eigenvalue weighted by molar-refractivity contribution is 6.20. The van der Waals surface area contributed by atoms with Crippen molar-refractivity contribution in [2.45, 2.75) is 18.2 Å². The van der Waals surface area contributed by atoms with E-state index in [-0.39, 0.29) is 11.1 Å². The number of methoxy groups -OCH3 is 1. The number of halogens is 2. The number of alkyl halides is 1. The van der Waals surface area contributed by atoms with Crippen molar-refractivity contribution >= 4 is 17.3 Å². The minimum atomic E-state index is -0.611. The van der Waals surface area contributed by atoms with Gasteiger partial charge in [-0.3, -0.25) is 10.1 Å². The molecule has 1 unspecified atom stereocenters. The Morgan fingerprint density at radius 1 is 1.53 bits per heavy atom. The van der Waals surface area contributed by atoms with E-state index in [4.69, 9.17) is 16.3 Å². The molecule has 0 saturated carbocycles. The summed E-state index contributed by atoms with van der Waals surface area (Å²) >= 11 is 5.92. The van der Waals surface area contributed by atoms with Crippen LogP contribution in [-0.4, -0.2) is 24.0 Å². The summed E-state index contributed by atoms with van der Waals surface area (Å²) < 4.78 is 18.0. The van der Waals surface area contributed by atoms with E-state index in [2.05, 4.69) is 0 Å². The van der Waals surface area contributed by atoms with Crippen LogP contribution in [0.1, 0.15) is 12.0 Å². The molecule has 0 aliphatic carbocycles. The average Bonchev–Trinajstić information content (AvgIpc) is 2.26. The number of nitro benzene ring substituents is 1. The summed E-state index contributed by atoms with van der Waals surface area (Å²) in [6, 6.07) is 3.54. The number of ether oxygens (including phenoxy) is 1. The molecule has 0 heterocycles. The van der Waals surface area contributed by atoms with Crippen LogP contribution >= 0.6 is 11.6 Å². The molecule has 0 aliphatic heterocycles. The molecule has 6 heteroatoms. The summed E-state index contributed by atoms with van der Waals surface area (Å²) in [6.45, 7) is 0.402. The number of nitro groups is 1. The van der Waals surface area contributed by atoms with E-state index in [0.717, 1.165) is 6.07 Å². The first kappa shape index (κ1) is 13.9. The van der Waals surface area contributed by atoms with Crippen LogP contribution in [0.5, 0.6) is 0 Å². The first-order valence-electron chi connectivity index (χ1n) is 5.09. The Bertz CT molecular complexity index is 400. The molecule has 1 aromatic rings. The molecule has 1 atom stereocenters. The van der Waals surface area contributed by atoms with E-state index < -0.39 is 10.7 Å². The molecule has 1 aromatic carbocycles. The maximum Gasteiger partial charge on any atom is 0.272 e. The van der Waals surface area contributed by atoms with Gasteiger partial charge in [-0.25, -0.2) is 4.39 Å². The number of aryl methyl sites for hydroxylation is 1. The minimum Gasteiger partial charge on any atom is -0.383 e. The first-order chi connectivity index (χ1) is 8.02. The number of benzene rings is 1. The molecule has 0 bridgehead atoms. The van der Waals surface area contributed by atoms with Gasteiger partial charge in [0.15, 0.2) is 0 Å². The Kier molecular flexibility index (Phi) is 5.31. The number of rotatable bonds is 6. The lowest BCUT2D eigenvalue weighted by atomic mass is 10.1. The highest BCUT2D eigenvalue weighted by atomic mass is 35.5. The second kappa shape index (κ2) is 6.51. The lowest BCUT2D eigenvalue weighted by Gasteiger charge is -2.07. The maximum absolute atomic E-state index is 13.1. The summed E-state index contributed by atoms with van der Waals surface area (Å²) in [5.74, 6) is -0.605. The summed E-state index contributed by atoms with van der Waals surface area (Å²) in [6.07, 6.45) is 1.06. The fourth-order valence-electron chi connectivity index (χ4n) is 1.47. The molecule has 4 nitrogen and oxygen atoms in total. The van der Waals surface area contributed by atoms with Gasteiger partial charge in [-0.1, -0.05) is 0 Å². The summed E-state index contributed by atoms with van der Waals surface area (Å²) in [5, 5.41) is 10.4. The summed E-state index contributed by atoms with van der Waals surface area (Å²) in [4.78, 5) is 9.93. The van der Waals surface area contributed by atoms with Crippen LogP contribution in [0.2, 0.25) is 0 Å². The quantitative estimate of drug-likeness (QED) is 0.449. The van der Waals surface area contributed by atoms with Gasteiger partial charge in [0.25, 0.3) is 5.69 Å². The lowest BCUT2D eigenvalue weighted by Crippen LogP contribution is -2.08. The molecule has 0 amide bonds. The Morgan fingerprint density at radius 3 is 2.82 bits per heavy atom. The predicted molar refractivity (Wildman–Crippen MR) is 62.9 cm³/mol. The fraction of sp³-hybridized carbons (Fsp3) is 0.455. The first-order valence-corrected chi connectivity index (χ1v) is 5.53. The summed E-state index contributed by atoms with van der Waals surface area (Å²) in [7, 11) is 1.54. The number of hydrogen-bond donors (Lipinski definition) is 0. The Labute approximate surface area is 103 Å². The van der Waals surface area contributed by atoms with Crippen LogP contribution in [-0.2, 0) is 11.2 Å². The van der Waals surface area contributed by atoms with Crippen LogP contribution in [0.3, 0.4) is 0 Å². The van der Waals surface area contributed by atoms with Crippen molar-refractivity contribution in [1.82, 2.24) is 0 Å². The molecule has 1 rings (SSSR count). The second-order valence-corrected chi connectivity index (χ2v) is 4.28. The van der Waals surface area contributed by atoms with Crippen molar-refractivity contribution in [2.75, 3.05) is 13.7 Å². The smallest absolute Gasteiger partial charge is 0.272 e. The number of nitrogens with zero attached hydrogens (tertiary/aromatic N) is 1. The monoisotopic (exact) mass is 261 g/mol. The Morgan fingerprint density at radius 2 is 2.24 bits per heavy atom. The van der Waals surface area contributed by atoms with Crippen molar-refractivity contribution in [2.24, 2.45) is 0 Å². The number of hydrogen-bond acceptors (Lipinski definition) is 3. The topological polar surface area (TPSA) is 52.4 Å². The molecule has 0 spiro atoms. The van der Waals surface area contributed by atoms with Crippen LogP contribution in [0.15, 0.2) is 18.2 Å². The lowest BCUT2D eigenvalue weighted by molar-refractivity contribution is -0.385. The van der Waals surface area contributed by atoms with Crippen LogP contribution in [0.4, 0.5) is 10.1 Å². The molecule has 0 aliphatic rings. The molecule has 94 valence electrons. The third-order valence-electron chi connectivity index (χ3n) is 2.25. The van der Waals surface area contributed by atoms with Crippen molar-refractivity contribution in [3.8, 4) is 0 Å². The van der Waals surface area contributed by atoms with E-state index in [0.29, 0.717) is 25.0 Å². The normalized spacial score (nSPS) is 12.4. The van der Waals surface area contributed by atoms with Gasteiger partial charge in [-0.05, 0) is 24.5 Å². The molecular weight excluding hydrogens is 249 g/mol. The van der Waals surface area contributed by atoms with E-state index in [1.807, 2.05) is 0 Å². The van der Waals surface area contributed by atoms with Gasteiger partial charge in [-0.15, -0.1) is 11.6 Å². The van der Waals surface area contributed by atoms with Gasteiger partial charge >= 0.3 is 0 Å². The zero-order valence-corrected chi connectivity index (χ0v) is 10.1. The highest BCUT2D eigenvalue weighted by Crippen LogP contribution is 2.18. The van der Waals surface area contributed by atoms with Gasteiger partial charge in [0, 0.05) is 13.2 Å². The predicted octanol–water partition coefficient (Wildman–Crippen LogP) is 2.92. The minimum absolute atomic E-state index is 0.178. The standard InChI is InChI=1S/C11H13ClFNO3/c1-17-7-9(12)3-2-8-4-10(13)6-11(5-8)14(15)16/h4-6,9H,2-3,7H2,1H3. The molecule has 0 radical (unpaired) electrons. The number of non-ortho nitro benzene ring substituents is 1. The zero-order chi connectivity index (χ0) is 12.8. The SMILES string of the molecule is COCC(Cl)CCc1cc(F)cc([N+](=O)[O-])c1. The van der Waals surface area contributed by atoms with Crippen LogP contribution in [0.25, 0.3) is 0 Å². The van der Waals surface area contributed by atoms with E-state index in [9.17, 15) is 14.5 Å². The second-order valence-electron chi connectivity index (χ2n) is 3.67. The fourth-order valence-corrected chi connectivity index (χ4v) is 1.71. The van der Waals surface area contributed by atoms with Gasteiger partial charge in [-0.2, -0.15) is 0 Å². The molecule has 0 N–H and O–H groups in total. The molecule has 0 fully saturated rings. The zero-order valence-electron chi connectivity index (χ0n) is 9.36. The van der Waals surface area contributed by atoms with E-state index in [1.165, 1.54) is 12.1 Å². The average molecular weight is 262 g/mol. The van der Waals surface area contributed by atoms with E-state index >= 15 is 0 Å². The van der Waals surface area contributed by atoms with Crippen molar-refractivity contribution in [3.05, 3.63) is 39.7 Å². The van der Waals surface area contributed by atoms with Crippen molar-refractivity contribution < 1.29 is 14.1 Å². The third-order valence-corrected chi connectivity index (χ3v) is 2.59.